The Labute approximate surface area is 205 Å². The quantitative estimate of drug-likeness (QED) is 0.327. The molecular weight excluding hydrogens is 443 g/mol. The smallest absolute Gasteiger partial charge is 0.154 e. The van der Waals surface area contributed by atoms with Crippen molar-refractivity contribution in [2.24, 2.45) is 5.73 Å². The predicted octanol–water partition coefficient (Wildman–Crippen LogP) is 5.09. The highest BCUT2D eigenvalue weighted by Crippen LogP contribution is 2.26. The molecule has 0 spiro atoms. The Bertz CT molecular complexity index is 1260. The maximum absolute atomic E-state index is 13.6. The van der Waals surface area contributed by atoms with E-state index in [0.29, 0.717) is 18.8 Å². The number of carbonyl (C=O) groups excluding carboxylic acids is 1. The molecule has 0 radical (unpaired) electrons. The number of aldehydes is 1. The predicted molar refractivity (Wildman–Crippen MR) is 140 cm³/mol. The number of carbonyl (C=O) groups is 1. The second-order valence-corrected chi connectivity index (χ2v) is 8.15. The molecule has 2 aromatic heterocycles. The van der Waals surface area contributed by atoms with Gasteiger partial charge >= 0.3 is 0 Å². The van der Waals surface area contributed by atoms with E-state index in [4.69, 9.17) is 10.8 Å². The number of anilines is 2. The van der Waals surface area contributed by atoms with Crippen LogP contribution in [-0.4, -0.2) is 40.5 Å². The molecule has 2 heterocycles. The molecule has 35 heavy (non-hydrogen) atoms. The van der Waals surface area contributed by atoms with Crippen LogP contribution < -0.4 is 16.0 Å². The second kappa shape index (κ2) is 12.1. The van der Waals surface area contributed by atoms with Crippen molar-refractivity contribution in [1.82, 2.24) is 14.6 Å². The van der Waals surface area contributed by atoms with E-state index >= 15 is 0 Å². The summed E-state index contributed by atoms with van der Waals surface area (Å²) in [5.74, 6) is 0.394. The summed E-state index contributed by atoms with van der Waals surface area (Å²) in [6.45, 7) is 6.53. The van der Waals surface area contributed by atoms with Gasteiger partial charge in [-0.1, -0.05) is 38.1 Å². The van der Waals surface area contributed by atoms with Crippen molar-refractivity contribution in [3.8, 4) is 11.3 Å². The van der Waals surface area contributed by atoms with E-state index in [0.717, 1.165) is 34.4 Å². The van der Waals surface area contributed by atoms with Crippen LogP contribution in [0.2, 0.25) is 0 Å². The van der Waals surface area contributed by atoms with Gasteiger partial charge in [0.05, 0.1) is 17.9 Å². The molecular formula is C27H33FN6O. The number of hydrogen-bond donors (Lipinski definition) is 2. The fraction of sp³-hybridized carbons (Fsp3) is 0.296. The summed E-state index contributed by atoms with van der Waals surface area (Å²) in [5.41, 5.74) is 10.4. The van der Waals surface area contributed by atoms with Crippen molar-refractivity contribution in [3.05, 3.63) is 78.2 Å². The minimum atomic E-state index is -0.265. The van der Waals surface area contributed by atoms with E-state index in [2.05, 4.69) is 10.3 Å². The summed E-state index contributed by atoms with van der Waals surface area (Å²) in [7, 11) is 1.95. The molecule has 2 aromatic carbocycles. The fourth-order valence-corrected chi connectivity index (χ4v) is 3.79. The summed E-state index contributed by atoms with van der Waals surface area (Å²) in [4.78, 5) is 17.2. The van der Waals surface area contributed by atoms with Gasteiger partial charge in [-0.3, -0.25) is 0 Å². The van der Waals surface area contributed by atoms with Crippen LogP contribution in [0, 0.1) is 5.82 Å². The number of imidazole rings is 1. The highest BCUT2D eigenvalue weighted by atomic mass is 19.1. The van der Waals surface area contributed by atoms with Crippen molar-refractivity contribution in [2.75, 3.05) is 23.8 Å². The number of likely N-dealkylation sites (N-methyl/N-ethyl adjacent to an activating group) is 1. The van der Waals surface area contributed by atoms with Gasteiger partial charge in [0.25, 0.3) is 0 Å². The number of fused-ring (bicyclic) bond motifs is 1. The lowest BCUT2D eigenvalue weighted by molar-refractivity contribution is -0.108. The molecule has 0 aliphatic carbocycles. The number of nitrogens with one attached hydrogen (secondary N) is 1. The molecule has 0 aliphatic rings. The minimum absolute atomic E-state index is 0.120. The van der Waals surface area contributed by atoms with Gasteiger partial charge in [-0.2, -0.15) is 0 Å². The summed E-state index contributed by atoms with van der Waals surface area (Å²) in [6, 6.07) is 18.0. The van der Waals surface area contributed by atoms with Crippen LogP contribution in [0.3, 0.4) is 0 Å². The van der Waals surface area contributed by atoms with Gasteiger partial charge in [-0.05, 0) is 48.9 Å². The van der Waals surface area contributed by atoms with Gasteiger partial charge in [-0.25, -0.2) is 13.9 Å². The number of rotatable bonds is 9. The molecule has 4 aromatic rings. The molecule has 0 amide bonds. The molecule has 2 atom stereocenters. The van der Waals surface area contributed by atoms with E-state index in [-0.39, 0.29) is 17.9 Å². The Morgan fingerprint density at radius 1 is 1.14 bits per heavy atom. The van der Waals surface area contributed by atoms with Gasteiger partial charge < -0.3 is 20.7 Å². The lowest BCUT2D eigenvalue weighted by Gasteiger charge is -2.23. The Hall–Kier alpha value is -3.78. The largest absolute Gasteiger partial charge is 0.373 e. The first kappa shape index (κ1) is 25.8. The number of aromatic nitrogens is 3. The highest BCUT2D eigenvalue weighted by Gasteiger charge is 2.13. The van der Waals surface area contributed by atoms with E-state index in [1.165, 1.54) is 12.1 Å². The zero-order valence-electron chi connectivity index (χ0n) is 20.6. The molecule has 7 nitrogen and oxygen atoms in total. The van der Waals surface area contributed by atoms with Crippen molar-refractivity contribution < 1.29 is 9.18 Å². The van der Waals surface area contributed by atoms with E-state index < -0.39 is 0 Å². The third kappa shape index (κ3) is 6.42. The number of halogens is 1. The Morgan fingerprint density at radius 2 is 1.91 bits per heavy atom. The molecule has 0 fully saturated rings. The van der Waals surface area contributed by atoms with Crippen LogP contribution in [0.15, 0.2) is 66.9 Å². The first-order valence-corrected chi connectivity index (χ1v) is 11.8. The summed E-state index contributed by atoms with van der Waals surface area (Å²) in [6.07, 6.45) is 2.96. The van der Waals surface area contributed by atoms with Crippen molar-refractivity contribution in [1.29, 1.82) is 0 Å². The lowest BCUT2D eigenvalue weighted by Crippen LogP contribution is -2.35. The molecule has 184 valence electrons. The van der Waals surface area contributed by atoms with E-state index in [1.54, 1.807) is 16.8 Å². The standard InChI is InChI=1S/C25H27FN6O.C2H6/c1-17(18-5-3-7-20(26)13-18)29-24-9-10-25-28-15-23(32(25)30-24)19-6-4-8-22(14-19)31(2)16-21(27)11-12-33;1-2/h3-10,12-15,17,21H,11,16,27H2,1-2H3,(H,29,30);1-2H3/t17?,21-;/m0./s1. The summed E-state index contributed by atoms with van der Waals surface area (Å²) in [5, 5.41) is 8.06. The molecule has 0 bridgehead atoms. The highest BCUT2D eigenvalue weighted by molar-refractivity contribution is 5.68. The summed E-state index contributed by atoms with van der Waals surface area (Å²) < 4.78 is 15.4. The van der Waals surface area contributed by atoms with Gasteiger partial charge in [-0.15, -0.1) is 5.10 Å². The SMILES string of the molecule is CC.CC(Nc1ccc2ncc(-c3cccc(N(C)C[C@@H](N)CC=O)c3)n2n1)c1cccc(F)c1. The summed E-state index contributed by atoms with van der Waals surface area (Å²) >= 11 is 0. The van der Waals surface area contributed by atoms with E-state index in [9.17, 15) is 9.18 Å². The molecule has 8 heteroatoms. The van der Waals surface area contributed by atoms with Crippen LogP contribution in [0.25, 0.3) is 16.9 Å². The monoisotopic (exact) mass is 476 g/mol. The zero-order valence-corrected chi connectivity index (χ0v) is 20.6. The average molecular weight is 477 g/mol. The van der Waals surface area contributed by atoms with Crippen molar-refractivity contribution in [2.45, 2.75) is 39.3 Å². The van der Waals surface area contributed by atoms with Crippen LogP contribution in [0.4, 0.5) is 15.9 Å². The van der Waals surface area contributed by atoms with Crippen LogP contribution in [0.5, 0.6) is 0 Å². The van der Waals surface area contributed by atoms with Crippen LogP contribution >= 0.6 is 0 Å². The van der Waals surface area contributed by atoms with E-state index in [1.807, 2.05) is 75.2 Å². The third-order valence-electron chi connectivity index (χ3n) is 5.57. The van der Waals surface area contributed by atoms with Crippen LogP contribution in [0.1, 0.15) is 38.8 Å². The zero-order chi connectivity index (χ0) is 25.4. The van der Waals surface area contributed by atoms with Crippen molar-refractivity contribution >= 4 is 23.4 Å². The number of nitrogens with two attached hydrogens (primary N) is 1. The van der Waals surface area contributed by atoms with Gasteiger partial charge in [0.2, 0.25) is 0 Å². The normalized spacial score (nSPS) is 12.4. The fourth-order valence-electron chi connectivity index (χ4n) is 3.79. The van der Waals surface area contributed by atoms with Gasteiger partial charge in [0.15, 0.2) is 5.65 Å². The first-order chi connectivity index (χ1) is 16.9. The molecule has 0 saturated carbocycles. The Kier molecular flexibility index (Phi) is 8.92. The van der Waals surface area contributed by atoms with Crippen LogP contribution in [-0.2, 0) is 4.79 Å². The number of hydrogen-bond acceptors (Lipinski definition) is 6. The average Bonchev–Trinajstić information content (AvgIpc) is 3.29. The van der Waals surface area contributed by atoms with Gasteiger partial charge in [0, 0.05) is 37.3 Å². The lowest BCUT2D eigenvalue weighted by atomic mass is 10.1. The molecule has 4 rings (SSSR count). The third-order valence-corrected chi connectivity index (χ3v) is 5.57. The topological polar surface area (TPSA) is 88.5 Å². The minimum Gasteiger partial charge on any atom is -0.373 e. The number of nitrogens with zero attached hydrogens (tertiary/aromatic N) is 4. The Morgan fingerprint density at radius 3 is 2.66 bits per heavy atom. The second-order valence-electron chi connectivity index (χ2n) is 8.15. The van der Waals surface area contributed by atoms with Gasteiger partial charge in [0.1, 0.15) is 17.9 Å². The molecule has 1 unspecified atom stereocenters. The molecule has 0 aliphatic heterocycles. The molecule has 3 N–H and O–H groups in total. The number of benzene rings is 2. The first-order valence-electron chi connectivity index (χ1n) is 11.8. The maximum atomic E-state index is 13.6. The maximum Gasteiger partial charge on any atom is 0.154 e. The molecule has 0 saturated heterocycles. The Balaban J connectivity index is 0.00000167. The van der Waals surface area contributed by atoms with Crippen molar-refractivity contribution in [3.63, 3.8) is 0 Å².